The van der Waals surface area contributed by atoms with Gasteiger partial charge in [0.1, 0.15) is 0 Å². The molecule has 20 heavy (non-hydrogen) atoms. The Kier molecular flexibility index (Phi) is 3.28. The van der Waals surface area contributed by atoms with Gasteiger partial charge in [0, 0.05) is 23.7 Å². The summed E-state index contributed by atoms with van der Waals surface area (Å²) in [4.78, 5) is 24.1. The van der Waals surface area contributed by atoms with Crippen molar-refractivity contribution < 1.29 is 9.53 Å². The number of ketones is 1. The van der Waals surface area contributed by atoms with Crippen LogP contribution in [-0.4, -0.2) is 22.1 Å². The molecule has 1 unspecified atom stereocenters. The van der Waals surface area contributed by atoms with Gasteiger partial charge >= 0.3 is 0 Å². The van der Waals surface area contributed by atoms with Gasteiger partial charge in [-0.25, -0.2) is 0 Å². The number of fused-ring (bicyclic) bond motifs is 1. The summed E-state index contributed by atoms with van der Waals surface area (Å²) in [6.07, 6.45) is 4.31. The SMILES string of the molecule is CC1(C)CCC(Cn2c3c(ccc2=O)C(=O)CCC3)O1. The van der Waals surface area contributed by atoms with Crippen molar-refractivity contribution in [2.75, 3.05) is 0 Å². The maximum Gasteiger partial charge on any atom is 0.250 e. The van der Waals surface area contributed by atoms with Crippen LogP contribution in [0.2, 0.25) is 0 Å². The van der Waals surface area contributed by atoms with Gasteiger partial charge < -0.3 is 9.30 Å². The van der Waals surface area contributed by atoms with E-state index in [2.05, 4.69) is 13.8 Å². The van der Waals surface area contributed by atoms with Crippen molar-refractivity contribution in [1.82, 2.24) is 4.57 Å². The van der Waals surface area contributed by atoms with Crippen LogP contribution in [0.5, 0.6) is 0 Å². The quantitative estimate of drug-likeness (QED) is 0.832. The second-order valence-corrected chi connectivity index (χ2v) is 6.46. The summed E-state index contributed by atoms with van der Waals surface area (Å²) < 4.78 is 7.74. The van der Waals surface area contributed by atoms with Gasteiger partial charge in [-0.2, -0.15) is 0 Å². The summed E-state index contributed by atoms with van der Waals surface area (Å²) in [5.74, 6) is 0.160. The minimum absolute atomic E-state index is 0.0215. The molecule has 1 fully saturated rings. The maximum absolute atomic E-state index is 12.1. The van der Waals surface area contributed by atoms with Crippen LogP contribution in [0.25, 0.3) is 0 Å². The molecule has 0 spiro atoms. The molecule has 0 amide bonds. The lowest BCUT2D eigenvalue weighted by Gasteiger charge is -2.23. The van der Waals surface area contributed by atoms with Crippen molar-refractivity contribution in [3.63, 3.8) is 0 Å². The third-order valence-corrected chi connectivity index (χ3v) is 4.35. The fourth-order valence-electron chi connectivity index (χ4n) is 3.30. The Morgan fingerprint density at radius 1 is 1.30 bits per heavy atom. The summed E-state index contributed by atoms with van der Waals surface area (Å²) in [5.41, 5.74) is 1.51. The molecule has 0 bridgehead atoms. The van der Waals surface area contributed by atoms with Crippen molar-refractivity contribution >= 4 is 5.78 Å². The lowest BCUT2D eigenvalue weighted by molar-refractivity contribution is -0.0224. The summed E-state index contributed by atoms with van der Waals surface area (Å²) in [6, 6.07) is 3.21. The Morgan fingerprint density at radius 3 is 2.80 bits per heavy atom. The van der Waals surface area contributed by atoms with Crippen LogP contribution in [0.4, 0.5) is 0 Å². The Morgan fingerprint density at radius 2 is 2.10 bits per heavy atom. The Labute approximate surface area is 118 Å². The number of ether oxygens (including phenoxy) is 1. The van der Waals surface area contributed by atoms with Gasteiger partial charge in [0.05, 0.1) is 18.2 Å². The minimum atomic E-state index is -0.0983. The van der Waals surface area contributed by atoms with E-state index in [1.807, 2.05) is 0 Å². The summed E-state index contributed by atoms with van der Waals surface area (Å²) >= 11 is 0. The van der Waals surface area contributed by atoms with E-state index in [1.165, 1.54) is 6.07 Å². The number of hydrogen-bond donors (Lipinski definition) is 0. The predicted molar refractivity (Wildman–Crippen MR) is 76.2 cm³/mol. The molecule has 2 aliphatic rings. The highest BCUT2D eigenvalue weighted by Crippen LogP contribution is 2.30. The molecule has 0 N–H and O–H groups in total. The number of pyridine rings is 1. The molecule has 108 valence electrons. The van der Waals surface area contributed by atoms with E-state index in [1.54, 1.807) is 10.6 Å². The lowest BCUT2D eigenvalue weighted by atomic mass is 9.94. The molecule has 0 radical (unpaired) electrons. The summed E-state index contributed by atoms with van der Waals surface area (Å²) in [5, 5.41) is 0. The average molecular weight is 275 g/mol. The van der Waals surface area contributed by atoms with Gasteiger partial charge in [0.25, 0.3) is 5.56 Å². The first kappa shape index (κ1) is 13.6. The van der Waals surface area contributed by atoms with Crippen LogP contribution < -0.4 is 5.56 Å². The lowest BCUT2D eigenvalue weighted by Crippen LogP contribution is -2.32. The monoisotopic (exact) mass is 275 g/mol. The molecule has 0 aromatic carbocycles. The Hall–Kier alpha value is -1.42. The first-order valence-electron chi connectivity index (χ1n) is 7.40. The fourth-order valence-corrected chi connectivity index (χ4v) is 3.30. The van der Waals surface area contributed by atoms with Crippen molar-refractivity contribution in [1.29, 1.82) is 0 Å². The molecule has 0 saturated carbocycles. The fraction of sp³-hybridized carbons (Fsp3) is 0.625. The molecule has 1 aliphatic heterocycles. The Bertz CT molecular complexity index is 600. The third-order valence-electron chi connectivity index (χ3n) is 4.35. The normalized spacial score (nSPS) is 24.7. The highest BCUT2D eigenvalue weighted by Gasteiger charge is 2.32. The standard InChI is InChI=1S/C16H21NO3/c1-16(2)9-8-11(20-16)10-17-13-4-3-5-14(18)12(13)6-7-15(17)19/h6-7,11H,3-5,8-10H2,1-2H3. The van der Waals surface area contributed by atoms with E-state index < -0.39 is 0 Å². The van der Waals surface area contributed by atoms with E-state index >= 15 is 0 Å². The molecule has 2 heterocycles. The zero-order valence-electron chi connectivity index (χ0n) is 12.1. The van der Waals surface area contributed by atoms with Crippen molar-refractivity contribution in [3.8, 4) is 0 Å². The zero-order valence-corrected chi connectivity index (χ0v) is 12.1. The number of rotatable bonds is 2. The highest BCUT2D eigenvalue weighted by atomic mass is 16.5. The molecule has 1 saturated heterocycles. The second-order valence-electron chi connectivity index (χ2n) is 6.46. The zero-order chi connectivity index (χ0) is 14.3. The highest BCUT2D eigenvalue weighted by molar-refractivity contribution is 5.97. The molecule has 1 atom stereocenters. The predicted octanol–water partition coefficient (Wildman–Crippen LogP) is 2.32. The maximum atomic E-state index is 12.1. The van der Waals surface area contributed by atoms with Crippen LogP contribution in [-0.2, 0) is 17.7 Å². The molecule has 4 nitrogen and oxygen atoms in total. The number of hydrogen-bond acceptors (Lipinski definition) is 3. The smallest absolute Gasteiger partial charge is 0.250 e. The Balaban J connectivity index is 1.92. The van der Waals surface area contributed by atoms with Crippen LogP contribution >= 0.6 is 0 Å². The molecule has 4 heteroatoms. The van der Waals surface area contributed by atoms with Crippen LogP contribution in [0.15, 0.2) is 16.9 Å². The number of carbonyl (C=O) groups excluding carboxylic acids is 1. The van der Waals surface area contributed by atoms with Gasteiger partial charge in [-0.15, -0.1) is 0 Å². The number of Topliss-reactive ketones (excluding diaryl/α,β-unsaturated/α-hetero) is 1. The van der Waals surface area contributed by atoms with E-state index in [0.29, 0.717) is 13.0 Å². The van der Waals surface area contributed by atoms with Crippen LogP contribution in [0.1, 0.15) is 55.6 Å². The van der Waals surface area contributed by atoms with Crippen LogP contribution in [0.3, 0.4) is 0 Å². The van der Waals surface area contributed by atoms with Crippen molar-refractivity contribution in [3.05, 3.63) is 33.7 Å². The van der Waals surface area contributed by atoms with E-state index in [-0.39, 0.29) is 23.0 Å². The first-order chi connectivity index (χ1) is 9.46. The molecule has 1 aromatic rings. The third kappa shape index (κ3) is 2.44. The number of carbonyl (C=O) groups is 1. The van der Waals surface area contributed by atoms with E-state index in [4.69, 9.17) is 4.74 Å². The van der Waals surface area contributed by atoms with Gasteiger partial charge in [-0.3, -0.25) is 9.59 Å². The summed E-state index contributed by atoms with van der Waals surface area (Å²) in [6.45, 7) is 4.73. The van der Waals surface area contributed by atoms with Crippen LogP contribution in [0, 0.1) is 0 Å². The van der Waals surface area contributed by atoms with Gasteiger partial charge in [-0.1, -0.05) is 0 Å². The number of nitrogens with zero attached hydrogens (tertiary/aromatic N) is 1. The van der Waals surface area contributed by atoms with Gasteiger partial charge in [0.15, 0.2) is 5.78 Å². The van der Waals surface area contributed by atoms with Gasteiger partial charge in [0.2, 0.25) is 0 Å². The molecule has 1 aromatic heterocycles. The van der Waals surface area contributed by atoms with Crippen molar-refractivity contribution in [2.24, 2.45) is 0 Å². The molecule has 3 rings (SSSR count). The topological polar surface area (TPSA) is 48.3 Å². The number of aromatic nitrogens is 1. The average Bonchev–Trinajstić information content (AvgIpc) is 2.73. The molecule has 1 aliphatic carbocycles. The van der Waals surface area contributed by atoms with Crippen molar-refractivity contribution in [2.45, 2.75) is 64.2 Å². The molecular weight excluding hydrogens is 254 g/mol. The van der Waals surface area contributed by atoms with E-state index in [0.717, 1.165) is 36.9 Å². The molecular formula is C16H21NO3. The summed E-state index contributed by atoms with van der Waals surface area (Å²) in [7, 11) is 0. The minimum Gasteiger partial charge on any atom is -0.370 e. The van der Waals surface area contributed by atoms with Gasteiger partial charge in [-0.05, 0) is 45.6 Å². The largest absolute Gasteiger partial charge is 0.370 e. The van der Waals surface area contributed by atoms with E-state index in [9.17, 15) is 9.59 Å². The second kappa shape index (κ2) is 4.85. The first-order valence-corrected chi connectivity index (χ1v) is 7.40.